The molecule has 130 valence electrons. The van der Waals surface area contributed by atoms with Crippen molar-refractivity contribution in [2.75, 3.05) is 11.4 Å². The van der Waals surface area contributed by atoms with E-state index in [1.807, 2.05) is 56.3 Å². The number of nitrogens with one attached hydrogen (secondary N) is 2. The molecule has 1 atom stereocenters. The molecule has 1 aliphatic rings. The highest BCUT2D eigenvalue weighted by Gasteiger charge is 2.33. The Hall–Kier alpha value is -2.82. The van der Waals surface area contributed by atoms with E-state index in [4.69, 9.17) is 0 Å². The number of hydrogen-bond acceptors (Lipinski definition) is 2. The van der Waals surface area contributed by atoms with Gasteiger partial charge >= 0.3 is 6.03 Å². The maximum Gasteiger partial charge on any atom is 0.315 e. The summed E-state index contributed by atoms with van der Waals surface area (Å²) in [4.78, 5) is 26.5. The van der Waals surface area contributed by atoms with Crippen LogP contribution < -0.4 is 15.5 Å². The number of amides is 3. The van der Waals surface area contributed by atoms with Crippen molar-refractivity contribution in [1.82, 2.24) is 10.6 Å². The summed E-state index contributed by atoms with van der Waals surface area (Å²) < 4.78 is 0. The fourth-order valence-electron chi connectivity index (χ4n) is 3.16. The molecule has 1 heterocycles. The summed E-state index contributed by atoms with van der Waals surface area (Å²) >= 11 is 0. The number of aryl methyl sites for hydroxylation is 2. The van der Waals surface area contributed by atoms with Crippen molar-refractivity contribution in [1.29, 1.82) is 0 Å². The van der Waals surface area contributed by atoms with Gasteiger partial charge in [0.15, 0.2) is 0 Å². The maximum absolute atomic E-state index is 12.6. The van der Waals surface area contributed by atoms with Crippen LogP contribution in [-0.4, -0.2) is 24.5 Å². The standard InChI is InChI=1S/C20H23N3O2/c1-14-10-15(2)12-17(11-14)23-9-8-18(19(23)24)22-20(25)21-13-16-6-4-3-5-7-16/h3-7,10-12,18H,8-9,13H2,1-2H3,(H2,21,22,25). The smallest absolute Gasteiger partial charge is 0.315 e. The highest BCUT2D eigenvalue weighted by molar-refractivity contribution is 6.01. The largest absolute Gasteiger partial charge is 0.334 e. The quantitative estimate of drug-likeness (QED) is 0.901. The summed E-state index contributed by atoms with van der Waals surface area (Å²) in [5, 5.41) is 5.59. The molecule has 0 radical (unpaired) electrons. The van der Waals surface area contributed by atoms with Gasteiger partial charge in [0.25, 0.3) is 0 Å². The molecule has 5 nitrogen and oxygen atoms in total. The predicted octanol–water partition coefficient (Wildman–Crippen LogP) is 2.91. The van der Waals surface area contributed by atoms with Crippen molar-refractivity contribution in [3.05, 3.63) is 65.2 Å². The van der Waals surface area contributed by atoms with Gasteiger partial charge in [-0.05, 0) is 49.1 Å². The van der Waals surface area contributed by atoms with Gasteiger partial charge in [0, 0.05) is 18.8 Å². The van der Waals surface area contributed by atoms with Crippen LogP contribution in [0.2, 0.25) is 0 Å². The molecule has 1 fully saturated rings. The normalized spacial score (nSPS) is 16.8. The Bertz CT molecular complexity index is 754. The molecule has 2 aromatic carbocycles. The molecule has 1 saturated heterocycles. The summed E-state index contributed by atoms with van der Waals surface area (Å²) in [5.41, 5.74) is 4.17. The van der Waals surface area contributed by atoms with Gasteiger partial charge < -0.3 is 15.5 Å². The number of rotatable bonds is 4. The van der Waals surface area contributed by atoms with Crippen LogP contribution in [0.5, 0.6) is 0 Å². The summed E-state index contributed by atoms with van der Waals surface area (Å²) in [6.07, 6.45) is 0.616. The number of hydrogen-bond donors (Lipinski definition) is 2. The summed E-state index contributed by atoms with van der Waals surface area (Å²) in [7, 11) is 0. The Morgan fingerprint density at radius 1 is 1.12 bits per heavy atom. The first kappa shape index (κ1) is 17.0. The molecule has 25 heavy (non-hydrogen) atoms. The van der Waals surface area contributed by atoms with Crippen molar-refractivity contribution in [3.8, 4) is 0 Å². The van der Waals surface area contributed by atoms with Gasteiger partial charge in [0.05, 0.1) is 0 Å². The number of carbonyl (C=O) groups is 2. The molecule has 1 unspecified atom stereocenters. The summed E-state index contributed by atoms with van der Waals surface area (Å²) in [6.45, 7) is 5.09. The molecule has 0 aromatic heterocycles. The monoisotopic (exact) mass is 337 g/mol. The van der Waals surface area contributed by atoms with Gasteiger partial charge in [-0.1, -0.05) is 36.4 Å². The number of anilines is 1. The molecule has 1 aliphatic heterocycles. The maximum atomic E-state index is 12.6. The number of urea groups is 1. The van der Waals surface area contributed by atoms with Gasteiger partial charge in [-0.15, -0.1) is 0 Å². The van der Waals surface area contributed by atoms with Crippen molar-refractivity contribution in [3.63, 3.8) is 0 Å². The van der Waals surface area contributed by atoms with E-state index in [1.165, 1.54) is 0 Å². The van der Waals surface area contributed by atoms with Gasteiger partial charge in [-0.25, -0.2) is 4.79 Å². The van der Waals surface area contributed by atoms with Crippen LogP contribution in [-0.2, 0) is 11.3 Å². The molecular formula is C20H23N3O2. The first-order valence-corrected chi connectivity index (χ1v) is 8.51. The number of nitrogens with zero attached hydrogens (tertiary/aromatic N) is 1. The lowest BCUT2D eigenvalue weighted by Crippen LogP contribution is -2.45. The topological polar surface area (TPSA) is 61.4 Å². The van der Waals surface area contributed by atoms with Crippen LogP contribution in [0.1, 0.15) is 23.1 Å². The Labute approximate surface area is 148 Å². The lowest BCUT2D eigenvalue weighted by Gasteiger charge is -2.18. The Balaban J connectivity index is 1.57. The average Bonchev–Trinajstić information content (AvgIpc) is 2.94. The minimum absolute atomic E-state index is 0.0557. The van der Waals surface area contributed by atoms with E-state index in [1.54, 1.807) is 4.90 Å². The zero-order chi connectivity index (χ0) is 17.8. The molecule has 0 bridgehead atoms. The Morgan fingerprint density at radius 3 is 2.48 bits per heavy atom. The number of carbonyl (C=O) groups excluding carboxylic acids is 2. The van der Waals surface area contributed by atoms with Crippen molar-refractivity contribution in [2.24, 2.45) is 0 Å². The first-order chi connectivity index (χ1) is 12.0. The first-order valence-electron chi connectivity index (χ1n) is 8.51. The summed E-state index contributed by atoms with van der Waals surface area (Å²) in [5.74, 6) is -0.0557. The SMILES string of the molecule is Cc1cc(C)cc(N2CCC(NC(=O)NCc3ccccc3)C2=O)c1. The second-order valence-electron chi connectivity index (χ2n) is 6.49. The minimum Gasteiger partial charge on any atom is -0.334 e. The van der Waals surface area contributed by atoms with Crippen LogP contribution in [0.25, 0.3) is 0 Å². The molecule has 0 spiro atoms. The van der Waals surface area contributed by atoms with Crippen LogP contribution in [0, 0.1) is 13.8 Å². The van der Waals surface area contributed by atoms with Gasteiger partial charge in [-0.2, -0.15) is 0 Å². The van der Waals surface area contributed by atoms with Crippen molar-refractivity contribution >= 4 is 17.6 Å². The van der Waals surface area contributed by atoms with E-state index in [0.717, 1.165) is 22.4 Å². The van der Waals surface area contributed by atoms with Crippen LogP contribution in [0.15, 0.2) is 48.5 Å². The van der Waals surface area contributed by atoms with Crippen molar-refractivity contribution < 1.29 is 9.59 Å². The lowest BCUT2D eigenvalue weighted by atomic mass is 10.1. The molecule has 0 aliphatic carbocycles. The fraction of sp³-hybridized carbons (Fsp3) is 0.300. The van der Waals surface area contributed by atoms with E-state index < -0.39 is 6.04 Å². The molecule has 2 aromatic rings. The van der Waals surface area contributed by atoms with E-state index in [0.29, 0.717) is 19.5 Å². The second kappa shape index (κ2) is 7.38. The van der Waals surface area contributed by atoms with Crippen LogP contribution in [0.4, 0.5) is 10.5 Å². The van der Waals surface area contributed by atoms with E-state index in [9.17, 15) is 9.59 Å². The molecule has 3 amide bonds. The molecular weight excluding hydrogens is 314 g/mol. The molecule has 2 N–H and O–H groups in total. The predicted molar refractivity (Wildman–Crippen MR) is 98.5 cm³/mol. The van der Waals surface area contributed by atoms with Gasteiger partial charge in [0.1, 0.15) is 6.04 Å². The van der Waals surface area contributed by atoms with E-state index in [2.05, 4.69) is 16.7 Å². The Kier molecular flexibility index (Phi) is 5.03. The third-order valence-corrected chi connectivity index (χ3v) is 4.32. The zero-order valence-electron chi connectivity index (χ0n) is 14.6. The van der Waals surface area contributed by atoms with E-state index in [-0.39, 0.29) is 11.9 Å². The molecule has 3 rings (SSSR count). The van der Waals surface area contributed by atoms with Crippen LogP contribution >= 0.6 is 0 Å². The average molecular weight is 337 g/mol. The Morgan fingerprint density at radius 2 is 1.80 bits per heavy atom. The molecule has 0 saturated carbocycles. The van der Waals surface area contributed by atoms with Gasteiger partial charge in [-0.3, -0.25) is 4.79 Å². The highest BCUT2D eigenvalue weighted by Crippen LogP contribution is 2.24. The third kappa shape index (κ3) is 4.18. The zero-order valence-corrected chi connectivity index (χ0v) is 14.6. The third-order valence-electron chi connectivity index (χ3n) is 4.32. The minimum atomic E-state index is -0.475. The summed E-state index contributed by atoms with van der Waals surface area (Å²) in [6, 6.07) is 15.0. The number of benzene rings is 2. The second-order valence-corrected chi connectivity index (χ2v) is 6.49. The van der Waals surface area contributed by atoms with Gasteiger partial charge in [0.2, 0.25) is 5.91 Å². The fourth-order valence-corrected chi connectivity index (χ4v) is 3.16. The van der Waals surface area contributed by atoms with E-state index >= 15 is 0 Å². The van der Waals surface area contributed by atoms with Crippen molar-refractivity contribution in [2.45, 2.75) is 32.9 Å². The molecule has 5 heteroatoms. The van der Waals surface area contributed by atoms with Crippen LogP contribution in [0.3, 0.4) is 0 Å². The highest BCUT2D eigenvalue weighted by atomic mass is 16.2. The lowest BCUT2D eigenvalue weighted by molar-refractivity contribution is -0.118.